The Kier molecular flexibility index (Phi) is 8.65. The van der Waals surface area contributed by atoms with Gasteiger partial charge in [-0.15, -0.1) is 0 Å². The number of carboxylic acid groups (broad SMARTS) is 1. The first-order chi connectivity index (χ1) is 18.1. The fourth-order valence-electron chi connectivity index (χ4n) is 4.87. The second kappa shape index (κ2) is 11.8. The van der Waals surface area contributed by atoms with Gasteiger partial charge in [0.1, 0.15) is 55.4 Å². The van der Waals surface area contributed by atoms with E-state index >= 15 is 0 Å². The number of phenolic OH excluding ortho intramolecular Hbond substituents is 1. The van der Waals surface area contributed by atoms with Crippen LogP contribution in [0.5, 0.6) is 5.75 Å². The van der Waals surface area contributed by atoms with E-state index in [1.807, 2.05) is 0 Å². The number of aromatic hydroxyl groups is 1. The summed E-state index contributed by atoms with van der Waals surface area (Å²) in [5.74, 6) is -3.31. The van der Waals surface area contributed by atoms with E-state index in [0.717, 1.165) is 0 Å². The van der Waals surface area contributed by atoms with E-state index in [0.29, 0.717) is 17.6 Å². The molecule has 4 rings (SSSR count). The standard InChI is InChI=1S/C25H30O13/c1-34-13-6-14-20(30)15(11-2-4-12(26)5-3-11)9-36-24(14)16(7-13)37-25-23(33)22(32)21(31)17(38-25)10-35-19(29)8-18(27)28/h2-5,9,13-14,16-17,21-26,31-33H,6-8,10H2,1H3,(H,27,28). The minimum atomic E-state index is -1.73. The van der Waals surface area contributed by atoms with Gasteiger partial charge >= 0.3 is 11.9 Å². The number of aliphatic hydroxyl groups is 3. The molecule has 0 spiro atoms. The van der Waals surface area contributed by atoms with Crippen LogP contribution in [0.15, 0.2) is 30.5 Å². The third-order valence-electron chi connectivity index (χ3n) is 6.91. The minimum absolute atomic E-state index is 0.0512. The number of fused-ring (bicyclic) bond motifs is 1. The summed E-state index contributed by atoms with van der Waals surface area (Å²) in [5, 5.41) is 49.4. The maximum Gasteiger partial charge on any atom is 0.317 e. The number of esters is 1. The quantitative estimate of drug-likeness (QED) is 0.207. The zero-order chi connectivity index (χ0) is 27.6. The predicted molar refractivity (Wildman–Crippen MR) is 124 cm³/mol. The SMILES string of the molecule is COC1CC(OC2OC(COC(=O)CC(=O)O)C(O)C(O)C2O)C2OC=C(c3ccc(O)cc3)C(=O)C2C1. The number of carboxylic acids is 1. The van der Waals surface area contributed by atoms with E-state index in [4.69, 9.17) is 28.8 Å². The summed E-state index contributed by atoms with van der Waals surface area (Å²) < 4.78 is 27.8. The third kappa shape index (κ3) is 5.98. The van der Waals surface area contributed by atoms with Crippen LogP contribution in [-0.4, -0.2) is 106 Å². The monoisotopic (exact) mass is 538 g/mol. The number of carbonyl (C=O) groups excluding carboxylic acids is 2. The van der Waals surface area contributed by atoms with Gasteiger partial charge < -0.3 is 49.2 Å². The summed E-state index contributed by atoms with van der Waals surface area (Å²) in [5.41, 5.74) is 0.879. The summed E-state index contributed by atoms with van der Waals surface area (Å²) in [4.78, 5) is 35.7. The second-order valence-corrected chi connectivity index (χ2v) is 9.42. The normalized spacial score (nSPS) is 35.0. The molecule has 2 aliphatic heterocycles. The van der Waals surface area contributed by atoms with Crippen molar-refractivity contribution in [2.24, 2.45) is 5.92 Å². The number of hydrogen-bond donors (Lipinski definition) is 5. The van der Waals surface area contributed by atoms with E-state index in [9.17, 15) is 34.8 Å². The Hall–Kier alpha value is -3.07. The zero-order valence-corrected chi connectivity index (χ0v) is 20.4. The molecule has 0 amide bonds. The van der Waals surface area contributed by atoms with Crippen LogP contribution in [0, 0.1) is 5.92 Å². The topological polar surface area (TPSA) is 199 Å². The molecule has 1 saturated heterocycles. The Morgan fingerprint density at radius 2 is 1.76 bits per heavy atom. The molecule has 3 aliphatic rings. The highest BCUT2D eigenvalue weighted by molar-refractivity contribution is 6.22. The van der Waals surface area contributed by atoms with Crippen LogP contribution in [0.2, 0.25) is 0 Å². The van der Waals surface area contributed by atoms with Crippen LogP contribution in [-0.2, 0) is 38.1 Å². The molecular weight excluding hydrogens is 508 g/mol. The highest BCUT2D eigenvalue weighted by Crippen LogP contribution is 2.40. The summed E-state index contributed by atoms with van der Waals surface area (Å²) in [6.45, 7) is -0.595. The Morgan fingerprint density at radius 1 is 1.05 bits per heavy atom. The molecule has 38 heavy (non-hydrogen) atoms. The van der Waals surface area contributed by atoms with E-state index in [1.54, 1.807) is 12.1 Å². The molecule has 1 aromatic rings. The van der Waals surface area contributed by atoms with Crippen molar-refractivity contribution in [2.75, 3.05) is 13.7 Å². The number of aliphatic hydroxyl groups excluding tert-OH is 3. The number of ketones is 1. The first-order valence-electron chi connectivity index (χ1n) is 12.0. The fraction of sp³-hybridized carbons (Fsp3) is 0.560. The molecule has 9 atom stereocenters. The highest BCUT2D eigenvalue weighted by atomic mass is 16.7. The predicted octanol–water partition coefficient (Wildman–Crippen LogP) is -0.663. The van der Waals surface area contributed by atoms with Gasteiger partial charge in [-0.2, -0.15) is 0 Å². The number of phenols is 1. The van der Waals surface area contributed by atoms with Gasteiger partial charge in [0.25, 0.3) is 0 Å². The molecule has 1 saturated carbocycles. The number of methoxy groups -OCH3 is 1. The number of hydrogen-bond acceptors (Lipinski definition) is 12. The van der Waals surface area contributed by atoms with Crippen molar-refractivity contribution in [1.29, 1.82) is 0 Å². The number of benzene rings is 1. The molecule has 0 bridgehead atoms. The van der Waals surface area contributed by atoms with Crippen molar-refractivity contribution in [3.63, 3.8) is 0 Å². The van der Waals surface area contributed by atoms with Crippen LogP contribution in [0.25, 0.3) is 5.57 Å². The van der Waals surface area contributed by atoms with Crippen LogP contribution in [0.1, 0.15) is 24.8 Å². The van der Waals surface area contributed by atoms with Crippen molar-refractivity contribution in [1.82, 2.24) is 0 Å². The molecule has 0 aromatic heterocycles. The first-order valence-corrected chi connectivity index (χ1v) is 12.0. The molecule has 1 aromatic carbocycles. The Labute approximate surface area is 217 Å². The number of Topliss-reactive ketones (excluding diaryl/α,β-unsaturated/α-hetero) is 1. The van der Waals surface area contributed by atoms with Crippen molar-refractivity contribution in [3.05, 3.63) is 36.1 Å². The molecule has 2 fully saturated rings. The molecule has 13 nitrogen and oxygen atoms in total. The second-order valence-electron chi connectivity index (χ2n) is 9.42. The number of ether oxygens (including phenoxy) is 5. The molecule has 13 heteroatoms. The van der Waals surface area contributed by atoms with Crippen LogP contribution < -0.4 is 0 Å². The van der Waals surface area contributed by atoms with Crippen molar-refractivity contribution in [3.8, 4) is 5.75 Å². The Bertz CT molecular complexity index is 1050. The maximum absolute atomic E-state index is 13.4. The van der Waals surface area contributed by atoms with Crippen molar-refractivity contribution >= 4 is 23.3 Å². The van der Waals surface area contributed by atoms with E-state index in [-0.39, 0.29) is 18.0 Å². The van der Waals surface area contributed by atoms with Gasteiger partial charge in [-0.05, 0) is 24.1 Å². The fourth-order valence-corrected chi connectivity index (χ4v) is 4.87. The maximum atomic E-state index is 13.4. The molecule has 9 unspecified atom stereocenters. The average Bonchev–Trinajstić information content (AvgIpc) is 2.88. The molecule has 2 heterocycles. The Morgan fingerprint density at radius 3 is 2.42 bits per heavy atom. The lowest BCUT2D eigenvalue weighted by atomic mass is 9.76. The number of allylic oxidation sites excluding steroid dienone is 1. The van der Waals surface area contributed by atoms with Crippen LogP contribution >= 0.6 is 0 Å². The molecule has 0 radical (unpaired) electrons. The van der Waals surface area contributed by atoms with Gasteiger partial charge in [-0.3, -0.25) is 14.4 Å². The van der Waals surface area contributed by atoms with Gasteiger partial charge in [-0.1, -0.05) is 12.1 Å². The summed E-state index contributed by atoms with van der Waals surface area (Å²) >= 11 is 0. The van der Waals surface area contributed by atoms with E-state index in [1.165, 1.54) is 25.5 Å². The lowest BCUT2D eigenvalue weighted by Crippen LogP contribution is -2.61. The minimum Gasteiger partial charge on any atom is -0.508 e. The molecule has 208 valence electrons. The molecular formula is C25H30O13. The number of rotatable bonds is 8. The van der Waals surface area contributed by atoms with E-state index in [2.05, 4.69) is 0 Å². The lowest BCUT2D eigenvalue weighted by molar-refractivity contribution is -0.322. The zero-order valence-electron chi connectivity index (χ0n) is 20.4. The first kappa shape index (κ1) is 28.0. The van der Waals surface area contributed by atoms with Gasteiger partial charge in [0.05, 0.1) is 23.9 Å². The number of aliphatic carboxylic acids is 1. The summed E-state index contributed by atoms with van der Waals surface area (Å²) in [7, 11) is 1.49. The van der Waals surface area contributed by atoms with Crippen molar-refractivity contribution in [2.45, 2.75) is 68.3 Å². The summed E-state index contributed by atoms with van der Waals surface area (Å²) in [6.07, 6.45) is -8.91. The van der Waals surface area contributed by atoms with Gasteiger partial charge in [0.2, 0.25) is 0 Å². The largest absolute Gasteiger partial charge is 0.508 e. The highest BCUT2D eigenvalue weighted by Gasteiger charge is 2.51. The smallest absolute Gasteiger partial charge is 0.317 e. The Balaban J connectivity index is 1.49. The molecule has 5 N–H and O–H groups in total. The average molecular weight is 539 g/mol. The van der Waals surface area contributed by atoms with Crippen LogP contribution in [0.3, 0.4) is 0 Å². The van der Waals surface area contributed by atoms with Gasteiger partial charge in [0.15, 0.2) is 12.1 Å². The third-order valence-corrected chi connectivity index (χ3v) is 6.91. The van der Waals surface area contributed by atoms with E-state index < -0.39 is 79.9 Å². The van der Waals surface area contributed by atoms with Gasteiger partial charge in [0, 0.05) is 13.5 Å². The van der Waals surface area contributed by atoms with Gasteiger partial charge in [-0.25, -0.2) is 0 Å². The summed E-state index contributed by atoms with van der Waals surface area (Å²) in [6, 6.07) is 6.10. The van der Waals surface area contributed by atoms with Crippen molar-refractivity contribution < 1.29 is 63.6 Å². The van der Waals surface area contributed by atoms with Crippen LogP contribution in [0.4, 0.5) is 0 Å². The molecule has 1 aliphatic carbocycles. The number of carbonyl (C=O) groups is 3. The lowest BCUT2D eigenvalue weighted by Gasteiger charge is -2.46.